The first kappa shape index (κ1) is 20.3. The second-order valence-corrected chi connectivity index (χ2v) is 6.44. The molecule has 0 aliphatic rings. The van der Waals surface area contributed by atoms with Crippen molar-refractivity contribution in [1.29, 1.82) is 0 Å². The Hall–Kier alpha value is -3.48. The van der Waals surface area contributed by atoms with E-state index < -0.39 is 24.2 Å². The third-order valence-corrected chi connectivity index (χ3v) is 4.55. The quantitative estimate of drug-likeness (QED) is 0.455. The van der Waals surface area contributed by atoms with Crippen molar-refractivity contribution >= 4 is 11.8 Å². The number of hydrogen-bond acceptors (Lipinski definition) is 4. The van der Waals surface area contributed by atoms with E-state index in [1.807, 2.05) is 6.92 Å². The van der Waals surface area contributed by atoms with E-state index in [0.29, 0.717) is 16.9 Å². The number of benzene rings is 2. The fraction of sp³-hybridized carbons (Fsp3) is 0.182. The molecule has 3 aromatic rings. The summed E-state index contributed by atoms with van der Waals surface area (Å²) in [7, 11) is 1.38. The number of carbonyl (C=O) groups is 2. The van der Waals surface area contributed by atoms with Crippen molar-refractivity contribution in [2.24, 2.45) is 0 Å². The molecule has 2 aromatic carbocycles. The molecule has 150 valence electrons. The number of halogens is 2. The van der Waals surface area contributed by atoms with Gasteiger partial charge in [-0.05, 0) is 56.3 Å². The van der Waals surface area contributed by atoms with Gasteiger partial charge in [-0.15, -0.1) is 0 Å². The highest BCUT2D eigenvalue weighted by Gasteiger charge is 2.20. The zero-order valence-electron chi connectivity index (χ0n) is 16.2. The van der Waals surface area contributed by atoms with Crippen LogP contribution in [0, 0.1) is 25.5 Å². The maximum Gasteiger partial charge on any atom is 0.341 e. The summed E-state index contributed by atoms with van der Waals surface area (Å²) in [4.78, 5) is 24.7. The lowest BCUT2D eigenvalue weighted by atomic mass is 10.1. The van der Waals surface area contributed by atoms with Gasteiger partial charge < -0.3 is 14.0 Å². The maximum atomic E-state index is 14.0. The van der Waals surface area contributed by atoms with Crippen molar-refractivity contribution in [1.82, 2.24) is 4.57 Å². The number of nitrogens with zero attached hydrogens (tertiary/aromatic N) is 1. The summed E-state index contributed by atoms with van der Waals surface area (Å²) in [6.07, 6.45) is 0. The van der Waals surface area contributed by atoms with Crippen LogP contribution in [0.1, 0.15) is 32.1 Å². The molecule has 7 heteroatoms. The monoisotopic (exact) mass is 399 g/mol. The summed E-state index contributed by atoms with van der Waals surface area (Å²) >= 11 is 0. The van der Waals surface area contributed by atoms with Crippen LogP contribution in [0.25, 0.3) is 5.69 Å². The van der Waals surface area contributed by atoms with E-state index in [4.69, 9.17) is 9.47 Å². The van der Waals surface area contributed by atoms with Gasteiger partial charge in [0.25, 0.3) is 0 Å². The van der Waals surface area contributed by atoms with Crippen LogP contribution in [0.3, 0.4) is 0 Å². The molecule has 0 aliphatic heterocycles. The normalized spacial score (nSPS) is 10.7. The van der Waals surface area contributed by atoms with Gasteiger partial charge in [0, 0.05) is 28.7 Å². The average molecular weight is 399 g/mol. The Balaban J connectivity index is 1.75. The van der Waals surface area contributed by atoms with Gasteiger partial charge >= 0.3 is 5.97 Å². The van der Waals surface area contributed by atoms with E-state index in [2.05, 4.69) is 0 Å². The van der Waals surface area contributed by atoms with Crippen LogP contribution in [0.5, 0.6) is 5.75 Å². The highest BCUT2D eigenvalue weighted by Crippen LogP contribution is 2.22. The minimum absolute atomic E-state index is 0.267. The van der Waals surface area contributed by atoms with Crippen molar-refractivity contribution in [3.8, 4) is 11.4 Å². The molecular formula is C22H19F2NO4. The van der Waals surface area contributed by atoms with Crippen LogP contribution in [0.15, 0.2) is 48.5 Å². The van der Waals surface area contributed by atoms with E-state index in [-0.39, 0.29) is 17.1 Å². The topological polar surface area (TPSA) is 57.5 Å². The summed E-state index contributed by atoms with van der Waals surface area (Å²) < 4.78 is 38.8. The second kappa shape index (κ2) is 8.26. The van der Waals surface area contributed by atoms with E-state index in [1.54, 1.807) is 29.7 Å². The summed E-state index contributed by atoms with van der Waals surface area (Å²) in [5, 5.41) is 0. The predicted molar refractivity (Wildman–Crippen MR) is 103 cm³/mol. The number of esters is 1. The van der Waals surface area contributed by atoms with Gasteiger partial charge in [-0.3, -0.25) is 4.79 Å². The fourth-order valence-corrected chi connectivity index (χ4v) is 3.11. The molecule has 1 aromatic heterocycles. The minimum Gasteiger partial charge on any atom is -0.497 e. The van der Waals surface area contributed by atoms with Crippen molar-refractivity contribution in [3.05, 3.63) is 82.7 Å². The van der Waals surface area contributed by atoms with E-state index in [1.165, 1.54) is 31.4 Å². The van der Waals surface area contributed by atoms with Crippen molar-refractivity contribution in [3.63, 3.8) is 0 Å². The zero-order valence-corrected chi connectivity index (χ0v) is 16.2. The molecule has 0 amide bonds. The molecule has 1 heterocycles. The summed E-state index contributed by atoms with van der Waals surface area (Å²) in [6.45, 7) is 3.03. The Morgan fingerprint density at radius 2 is 1.66 bits per heavy atom. The van der Waals surface area contributed by atoms with E-state index in [9.17, 15) is 18.4 Å². The Morgan fingerprint density at radius 3 is 2.28 bits per heavy atom. The third-order valence-electron chi connectivity index (χ3n) is 4.55. The summed E-state index contributed by atoms with van der Waals surface area (Å²) in [5.74, 6) is -2.25. The molecule has 0 atom stereocenters. The average Bonchev–Trinajstić information content (AvgIpc) is 3.00. The molecule has 0 radical (unpaired) electrons. The van der Waals surface area contributed by atoms with Gasteiger partial charge in [-0.1, -0.05) is 0 Å². The molecule has 0 N–H and O–H groups in total. The molecule has 0 aliphatic carbocycles. The molecule has 29 heavy (non-hydrogen) atoms. The number of ether oxygens (including phenoxy) is 2. The number of methoxy groups -OCH3 is 1. The zero-order chi connectivity index (χ0) is 21.1. The Kier molecular flexibility index (Phi) is 5.77. The predicted octanol–water partition coefficient (Wildman–Crippen LogP) is 4.42. The molecule has 0 saturated carbocycles. The van der Waals surface area contributed by atoms with Gasteiger partial charge in [0.1, 0.15) is 17.4 Å². The number of aryl methyl sites for hydroxylation is 1. The number of aromatic nitrogens is 1. The standard InChI is InChI=1S/C22H19F2NO4/c1-13-10-19(14(2)25(13)16-6-4-15(23)5-7-16)21(26)12-29-22(27)18-9-8-17(28-3)11-20(18)24/h4-11H,12H2,1-3H3. The fourth-order valence-electron chi connectivity index (χ4n) is 3.11. The highest BCUT2D eigenvalue weighted by atomic mass is 19.1. The number of hydrogen-bond donors (Lipinski definition) is 0. The molecule has 5 nitrogen and oxygen atoms in total. The Labute approximate surface area is 166 Å². The minimum atomic E-state index is -0.939. The van der Waals surface area contributed by atoms with Gasteiger partial charge in [-0.2, -0.15) is 0 Å². The van der Waals surface area contributed by atoms with Crippen LogP contribution < -0.4 is 4.74 Å². The third kappa shape index (κ3) is 4.18. The SMILES string of the molecule is COc1ccc(C(=O)OCC(=O)c2cc(C)n(-c3ccc(F)cc3)c2C)c(F)c1. The lowest BCUT2D eigenvalue weighted by Crippen LogP contribution is -2.16. The first-order chi connectivity index (χ1) is 13.8. The molecular weight excluding hydrogens is 380 g/mol. The summed E-state index contributed by atoms with van der Waals surface area (Å²) in [6, 6.07) is 11.3. The van der Waals surface area contributed by atoms with Gasteiger partial charge in [0.2, 0.25) is 5.78 Å². The maximum absolute atomic E-state index is 14.0. The smallest absolute Gasteiger partial charge is 0.341 e. The first-order valence-corrected chi connectivity index (χ1v) is 8.80. The number of rotatable bonds is 6. The van der Waals surface area contributed by atoms with Crippen LogP contribution in [0.4, 0.5) is 8.78 Å². The van der Waals surface area contributed by atoms with Crippen molar-refractivity contribution in [2.45, 2.75) is 13.8 Å². The number of ketones is 1. The van der Waals surface area contributed by atoms with Crippen molar-refractivity contribution < 1.29 is 27.8 Å². The molecule has 0 unspecified atom stereocenters. The lowest BCUT2D eigenvalue weighted by molar-refractivity contribution is 0.0470. The van der Waals surface area contributed by atoms with Crippen molar-refractivity contribution in [2.75, 3.05) is 13.7 Å². The van der Waals surface area contributed by atoms with Crippen LogP contribution in [-0.2, 0) is 4.74 Å². The second-order valence-electron chi connectivity index (χ2n) is 6.44. The number of carbonyl (C=O) groups excluding carboxylic acids is 2. The Morgan fingerprint density at radius 1 is 0.966 bits per heavy atom. The molecule has 0 spiro atoms. The Bertz CT molecular complexity index is 1070. The molecule has 0 fully saturated rings. The van der Waals surface area contributed by atoms with Crippen LogP contribution in [0.2, 0.25) is 0 Å². The molecule has 0 bridgehead atoms. The molecule has 0 saturated heterocycles. The number of Topliss-reactive ketones (excluding diaryl/α,β-unsaturated/α-hetero) is 1. The van der Waals surface area contributed by atoms with Gasteiger partial charge in [-0.25, -0.2) is 13.6 Å². The van der Waals surface area contributed by atoms with E-state index in [0.717, 1.165) is 11.8 Å². The van der Waals surface area contributed by atoms with Crippen LogP contribution in [-0.4, -0.2) is 30.0 Å². The van der Waals surface area contributed by atoms with Gasteiger partial charge in [0.05, 0.1) is 12.7 Å². The van der Waals surface area contributed by atoms with E-state index >= 15 is 0 Å². The van der Waals surface area contributed by atoms with Gasteiger partial charge in [0.15, 0.2) is 6.61 Å². The first-order valence-electron chi connectivity index (χ1n) is 8.80. The largest absolute Gasteiger partial charge is 0.497 e. The lowest BCUT2D eigenvalue weighted by Gasteiger charge is -2.10. The molecule has 3 rings (SSSR count). The summed E-state index contributed by atoms with van der Waals surface area (Å²) in [5.41, 5.74) is 2.19. The van der Waals surface area contributed by atoms with Crippen LogP contribution >= 0.6 is 0 Å². The highest BCUT2D eigenvalue weighted by molar-refractivity contribution is 6.00.